The van der Waals surface area contributed by atoms with Crippen LogP contribution in [0.2, 0.25) is 5.02 Å². The van der Waals surface area contributed by atoms with Crippen LogP contribution in [0.4, 0.5) is 10.1 Å². The lowest BCUT2D eigenvalue weighted by atomic mass is 10.3. The summed E-state index contributed by atoms with van der Waals surface area (Å²) in [4.78, 5) is 12.6. The highest BCUT2D eigenvalue weighted by Crippen LogP contribution is 2.29. The molecule has 2 rings (SSSR count). The number of rotatable bonds is 6. The van der Waals surface area contributed by atoms with Gasteiger partial charge in [-0.15, -0.1) is 11.8 Å². The number of carbonyl (C=O) groups excluding carboxylic acids is 1. The van der Waals surface area contributed by atoms with Crippen LogP contribution in [-0.2, 0) is 14.8 Å². The molecule has 2 aromatic carbocycles. The van der Waals surface area contributed by atoms with E-state index in [9.17, 15) is 17.6 Å². The van der Waals surface area contributed by atoms with Crippen LogP contribution in [0.3, 0.4) is 0 Å². The van der Waals surface area contributed by atoms with Gasteiger partial charge in [-0.2, -0.15) is 0 Å². The molecule has 0 heterocycles. The van der Waals surface area contributed by atoms with Gasteiger partial charge in [0.15, 0.2) is 0 Å². The van der Waals surface area contributed by atoms with Crippen LogP contribution in [0.15, 0.2) is 52.3 Å². The summed E-state index contributed by atoms with van der Waals surface area (Å²) in [6.45, 7) is 1.64. The number of carbonyl (C=O) groups is 1. The van der Waals surface area contributed by atoms with Crippen molar-refractivity contribution < 1.29 is 17.6 Å². The lowest BCUT2D eigenvalue weighted by Gasteiger charge is -2.16. The normalized spacial score (nSPS) is 12.8. The SMILES string of the molecule is C[C@H](Sc1ccccc1F)C(=O)Nc1ccc(Cl)c(S(=O)(=O)N(C)C)c1. The van der Waals surface area contributed by atoms with Gasteiger partial charge in [0.2, 0.25) is 15.9 Å². The highest BCUT2D eigenvalue weighted by atomic mass is 35.5. The van der Waals surface area contributed by atoms with Gasteiger partial charge in [0, 0.05) is 24.7 Å². The number of nitrogens with one attached hydrogen (secondary N) is 1. The molecule has 1 atom stereocenters. The number of amides is 1. The van der Waals surface area contributed by atoms with Crippen molar-refractivity contribution in [2.24, 2.45) is 0 Å². The number of hydrogen-bond acceptors (Lipinski definition) is 4. The number of thioether (sulfide) groups is 1. The summed E-state index contributed by atoms with van der Waals surface area (Å²) in [6, 6.07) is 10.4. The van der Waals surface area contributed by atoms with Crippen molar-refractivity contribution in [3.05, 3.63) is 53.3 Å². The van der Waals surface area contributed by atoms with Crippen LogP contribution in [0.1, 0.15) is 6.92 Å². The van der Waals surface area contributed by atoms with Crippen molar-refractivity contribution >= 4 is 45.0 Å². The maximum Gasteiger partial charge on any atom is 0.244 e. The molecule has 0 aromatic heterocycles. The van der Waals surface area contributed by atoms with Crippen molar-refractivity contribution in [3.63, 3.8) is 0 Å². The predicted molar refractivity (Wildman–Crippen MR) is 103 cm³/mol. The van der Waals surface area contributed by atoms with Crippen LogP contribution in [0.25, 0.3) is 0 Å². The number of benzene rings is 2. The van der Waals surface area contributed by atoms with Gasteiger partial charge in [0.05, 0.1) is 10.3 Å². The molecule has 1 amide bonds. The van der Waals surface area contributed by atoms with E-state index in [0.717, 1.165) is 16.1 Å². The number of halogens is 2. The highest BCUT2D eigenvalue weighted by Gasteiger charge is 2.22. The Morgan fingerprint density at radius 2 is 1.88 bits per heavy atom. The lowest BCUT2D eigenvalue weighted by molar-refractivity contribution is -0.115. The Hall–Kier alpha value is -1.61. The van der Waals surface area contributed by atoms with Crippen molar-refractivity contribution in [3.8, 4) is 0 Å². The van der Waals surface area contributed by atoms with Crippen molar-refractivity contribution in [1.82, 2.24) is 4.31 Å². The van der Waals surface area contributed by atoms with E-state index in [0.29, 0.717) is 10.6 Å². The summed E-state index contributed by atoms with van der Waals surface area (Å²) in [5.74, 6) is -0.781. The summed E-state index contributed by atoms with van der Waals surface area (Å²) in [7, 11) is -0.959. The topological polar surface area (TPSA) is 66.5 Å². The number of sulfonamides is 1. The summed E-state index contributed by atoms with van der Waals surface area (Å²) in [5, 5.41) is 2.11. The molecule has 0 spiro atoms. The Bertz CT molecular complexity index is 920. The first-order chi connectivity index (χ1) is 12.1. The van der Waals surface area contributed by atoms with E-state index in [1.165, 1.54) is 38.4 Å². The van der Waals surface area contributed by atoms with Crippen LogP contribution < -0.4 is 5.32 Å². The van der Waals surface area contributed by atoms with Crippen LogP contribution in [0.5, 0.6) is 0 Å². The second-order valence-corrected chi connectivity index (χ2v) is 9.52. The average molecular weight is 417 g/mol. The number of nitrogens with zero attached hydrogens (tertiary/aromatic N) is 1. The van der Waals surface area contributed by atoms with E-state index in [-0.39, 0.29) is 15.8 Å². The first-order valence-electron chi connectivity index (χ1n) is 7.57. The third-order valence-electron chi connectivity index (χ3n) is 3.47. The average Bonchev–Trinajstić information content (AvgIpc) is 2.58. The zero-order valence-corrected chi connectivity index (χ0v) is 16.8. The van der Waals surface area contributed by atoms with Gasteiger partial charge in [-0.05, 0) is 37.3 Å². The largest absolute Gasteiger partial charge is 0.325 e. The maximum absolute atomic E-state index is 13.7. The zero-order chi connectivity index (χ0) is 19.5. The number of hydrogen-bond donors (Lipinski definition) is 1. The standard InChI is InChI=1S/C17H18ClFN2O3S2/c1-11(25-15-7-5-4-6-14(15)19)17(22)20-12-8-9-13(18)16(10-12)26(23,24)21(2)3/h4-11H,1-3H3,(H,20,22)/t11-/m0/s1. The molecule has 0 aliphatic rings. The van der Waals surface area contributed by atoms with Crippen LogP contribution in [0, 0.1) is 5.82 Å². The smallest absolute Gasteiger partial charge is 0.244 e. The Kier molecular flexibility index (Phi) is 6.68. The minimum absolute atomic E-state index is 0.0606. The van der Waals surface area contributed by atoms with E-state index in [1.807, 2.05) is 0 Å². The van der Waals surface area contributed by atoms with Crippen LogP contribution >= 0.6 is 23.4 Å². The van der Waals surface area contributed by atoms with E-state index < -0.39 is 21.1 Å². The van der Waals surface area contributed by atoms with Gasteiger partial charge in [-0.25, -0.2) is 17.1 Å². The Morgan fingerprint density at radius 3 is 2.50 bits per heavy atom. The minimum Gasteiger partial charge on any atom is -0.325 e. The third kappa shape index (κ3) is 4.76. The van der Waals surface area contributed by atoms with E-state index in [1.54, 1.807) is 25.1 Å². The van der Waals surface area contributed by atoms with Gasteiger partial charge >= 0.3 is 0 Å². The molecular formula is C17H18ClFN2O3S2. The summed E-state index contributed by atoms with van der Waals surface area (Å²) in [6.07, 6.45) is 0. The fraction of sp³-hybridized carbons (Fsp3) is 0.235. The molecule has 0 radical (unpaired) electrons. The van der Waals surface area contributed by atoms with Crippen molar-refractivity contribution in [2.45, 2.75) is 22.0 Å². The highest BCUT2D eigenvalue weighted by molar-refractivity contribution is 8.00. The van der Waals surface area contributed by atoms with Crippen LogP contribution in [-0.4, -0.2) is 38.0 Å². The van der Waals surface area contributed by atoms with Crippen molar-refractivity contribution in [1.29, 1.82) is 0 Å². The molecule has 0 saturated heterocycles. The van der Waals surface area contributed by atoms with Gasteiger partial charge in [-0.1, -0.05) is 23.7 Å². The minimum atomic E-state index is -3.74. The molecular weight excluding hydrogens is 399 g/mol. The summed E-state index contributed by atoms with van der Waals surface area (Å²) >= 11 is 7.06. The molecule has 0 unspecified atom stereocenters. The fourth-order valence-electron chi connectivity index (χ4n) is 2.00. The molecule has 0 saturated carbocycles. The van der Waals surface area contributed by atoms with Gasteiger partial charge < -0.3 is 5.32 Å². The molecule has 0 aliphatic carbocycles. The first-order valence-corrected chi connectivity index (χ1v) is 10.3. The van der Waals surface area contributed by atoms with Gasteiger partial charge in [-0.3, -0.25) is 4.79 Å². The third-order valence-corrected chi connectivity index (χ3v) is 6.92. The maximum atomic E-state index is 13.7. The fourth-order valence-corrected chi connectivity index (χ4v) is 4.28. The quantitative estimate of drug-likeness (QED) is 0.726. The van der Waals surface area contributed by atoms with E-state index in [2.05, 4.69) is 5.32 Å². The zero-order valence-electron chi connectivity index (χ0n) is 14.4. The second kappa shape index (κ2) is 8.39. The summed E-state index contributed by atoms with van der Waals surface area (Å²) < 4.78 is 39.3. The van der Waals surface area contributed by atoms with Crippen molar-refractivity contribution in [2.75, 3.05) is 19.4 Å². The number of anilines is 1. The Balaban J connectivity index is 2.18. The van der Waals surface area contributed by atoms with E-state index in [4.69, 9.17) is 11.6 Å². The Morgan fingerprint density at radius 1 is 1.23 bits per heavy atom. The molecule has 9 heteroatoms. The summed E-state index contributed by atoms with van der Waals surface area (Å²) in [5.41, 5.74) is 0.292. The molecule has 5 nitrogen and oxygen atoms in total. The Labute approximate surface area is 161 Å². The second-order valence-electron chi connectivity index (χ2n) is 5.61. The molecule has 1 N–H and O–H groups in total. The molecule has 2 aromatic rings. The first kappa shape index (κ1) is 20.7. The predicted octanol–water partition coefficient (Wildman–Crippen LogP) is 3.85. The monoisotopic (exact) mass is 416 g/mol. The molecule has 140 valence electrons. The molecule has 0 aliphatic heterocycles. The van der Waals surface area contributed by atoms with E-state index >= 15 is 0 Å². The lowest BCUT2D eigenvalue weighted by Crippen LogP contribution is -2.24. The molecule has 26 heavy (non-hydrogen) atoms. The molecule has 0 fully saturated rings. The van der Waals surface area contributed by atoms with Gasteiger partial charge in [0.1, 0.15) is 10.7 Å². The molecule has 0 bridgehead atoms. The van der Waals surface area contributed by atoms with Gasteiger partial charge in [0.25, 0.3) is 0 Å².